The molecule has 2 aromatic rings. The number of rotatable bonds is 3. The standard InChI is InChI=1S/C14H18N4O/c19-14(18-11-3-1-2-4-11)15-8-10-5-6-12-13(7-10)17-9-16-12/h5-7,9,11H,1-4,8H2,(H,16,17)(H2,15,18,19). The molecule has 2 amide bonds. The first-order valence-corrected chi connectivity index (χ1v) is 6.77. The fourth-order valence-electron chi connectivity index (χ4n) is 2.58. The maximum atomic E-state index is 11.7. The second-order valence-electron chi connectivity index (χ2n) is 5.06. The third kappa shape index (κ3) is 2.86. The number of H-pyrrole nitrogens is 1. The molecule has 0 unspecified atom stereocenters. The zero-order valence-electron chi connectivity index (χ0n) is 10.8. The van der Waals surface area contributed by atoms with Gasteiger partial charge in [0.1, 0.15) is 0 Å². The molecule has 0 spiro atoms. The Balaban J connectivity index is 1.54. The first kappa shape index (κ1) is 12.0. The van der Waals surface area contributed by atoms with E-state index in [0.717, 1.165) is 29.4 Å². The SMILES string of the molecule is O=C(NCc1ccc2nc[nH]c2c1)NC1CCCC1. The number of carbonyl (C=O) groups is 1. The van der Waals surface area contributed by atoms with E-state index >= 15 is 0 Å². The molecule has 19 heavy (non-hydrogen) atoms. The number of hydrogen-bond acceptors (Lipinski definition) is 2. The molecule has 0 bridgehead atoms. The number of benzene rings is 1. The zero-order chi connectivity index (χ0) is 13.1. The molecule has 1 aromatic carbocycles. The summed E-state index contributed by atoms with van der Waals surface area (Å²) in [5.41, 5.74) is 3.01. The summed E-state index contributed by atoms with van der Waals surface area (Å²) in [6, 6.07) is 6.24. The van der Waals surface area contributed by atoms with Crippen LogP contribution in [0.2, 0.25) is 0 Å². The van der Waals surface area contributed by atoms with Crippen LogP contribution in [-0.2, 0) is 6.54 Å². The van der Waals surface area contributed by atoms with E-state index < -0.39 is 0 Å². The van der Waals surface area contributed by atoms with Gasteiger partial charge in [-0.15, -0.1) is 0 Å². The molecule has 0 atom stereocenters. The third-order valence-corrected chi connectivity index (χ3v) is 3.63. The molecule has 0 saturated heterocycles. The summed E-state index contributed by atoms with van der Waals surface area (Å²) < 4.78 is 0. The minimum atomic E-state index is -0.0726. The van der Waals surface area contributed by atoms with Gasteiger partial charge < -0.3 is 15.6 Å². The largest absolute Gasteiger partial charge is 0.345 e. The summed E-state index contributed by atoms with van der Waals surface area (Å²) in [6.45, 7) is 0.535. The van der Waals surface area contributed by atoms with Crippen LogP contribution in [0.15, 0.2) is 24.5 Å². The third-order valence-electron chi connectivity index (χ3n) is 3.63. The van der Waals surface area contributed by atoms with Crippen LogP contribution in [0.3, 0.4) is 0 Å². The average molecular weight is 258 g/mol. The van der Waals surface area contributed by atoms with Crippen LogP contribution in [0.25, 0.3) is 11.0 Å². The minimum Gasteiger partial charge on any atom is -0.345 e. The van der Waals surface area contributed by atoms with Gasteiger partial charge in [0, 0.05) is 12.6 Å². The minimum absolute atomic E-state index is 0.0726. The van der Waals surface area contributed by atoms with Gasteiger partial charge in [0.05, 0.1) is 17.4 Å². The van der Waals surface area contributed by atoms with Crippen molar-refractivity contribution in [3.8, 4) is 0 Å². The lowest BCUT2D eigenvalue weighted by Crippen LogP contribution is -2.40. The first-order chi connectivity index (χ1) is 9.31. The number of nitrogens with zero attached hydrogens (tertiary/aromatic N) is 1. The molecular formula is C14H18N4O. The van der Waals surface area contributed by atoms with Gasteiger partial charge in [0.2, 0.25) is 0 Å². The maximum absolute atomic E-state index is 11.7. The van der Waals surface area contributed by atoms with E-state index in [9.17, 15) is 4.79 Å². The Kier molecular flexibility index (Phi) is 3.35. The van der Waals surface area contributed by atoms with Crippen molar-refractivity contribution in [2.75, 3.05) is 0 Å². The van der Waals surface area contributed by atoms with Gasteiger partial charge in [-0.25, -0.2) is 9.78 Å². The highest BCUT2D eigenvalue weighted by atomic mass is 16.2. The number of fused-ring (bicyclic) bond motifs is 1. The van der Waals surface area contributed by atoms with Crippen LogP contribution in [-0.4, -0.2) is 22.0 Å². The Morgan fingerprint density at radius 3 is 3.05 bits per heavy atom. The van der Waals surface area contributed by atoms with Crippen molar-refractivity contribution in [1.29, 1.82) is 0 Å². The van der Waals surface area contributed by atoms with Crippen LogP contribution in [0, 0.1) is 0 Å². The average Bonchev–Trinajstić information content (AvgIpc) is 3.06. The topological polar surface area (TPSA) is 69.8 Å². The van der Waals surface area contributed by atoms with Crippen molar-refractivity contribution in [2.24, 2.45) is 0 Å². The smallest absolute Gasteiger partial charge is 0.315 e. The maximum Gasteiger partial charge on any atom is 0.315 e. The van der Waals surface area contributed by atoms with Crippen molar-refractivity contribution >= 4 is 17.1 Å². The predicted molar refractivity (Wildman–Crippen MR) is 73.7 cm³/mol. The normalized spacial score (nSPS) is 15.8. The lowest BCUT2D eigenvalue weighted by Gasteiger charge is -2.12. The molecule has 3 N–H and O–H groups in total. The number of amides is 2. The van der Waals surface area contributed by atoms with Gasteiger partial charge in [-0.2, -0.15) is 0 Å². The van der Waals surface area contributed by atoms with Gasteiger partial charge in [-0.1, -0.05) is 18.9 Å². The van der Waals surface area contributed by atoms with Crippen molar-refractivity contribution in [3.63, 3.8) is 0 Å². The molecule has 5 heteroatoms. The van der Waals surface area contributed by atoms with Crippen molar-refractivity contribution in [1.82, 2.24) is 20.6 Å². The van der Waals surface area contributed by atoms with Crippen LogP contribution < -0.4 is 10.6 Å². The van der Waals surface area contributed by atoms with E-state index in [2.05, 4.69) is 20.6 Å². The number of aromatic nitrogens is 2. The molecule has 1 aliphatic rings. The highest BCUT2D eigenvalue weighted by Crippen LogP contribution is 2.17. The molecule has 1 heterocycles. The first-order valence-electron chi connectivity index (χ1n) is 6.77. The quantitative estimate of drug-likeness (QED) is 0.790. The number of carbonyl (C=O) groups excluding carboxylic acids is 1. The van der Waals surface area contributed by atoms with E-state index in [1.807, 2.05) is 18.2 Å². The molecule has 0 aliphatic heterocycles. The van der Waals surface area contributed by atoms with E-state index in [1.54, 1.807) is 6.33 Å². The highest BCUT2D eigenvalue weighted by molar-refractivity contribution is 5.76. The van der Waals surface area contributed by atoms with Crippen LogP contribution in [0.4, 0.5) is 4.79 Å². The lowest BCUT2D eigenvalue weighted by atomic mass is 10.2. The summed E-state index contributed by atoms with van der Waals surface area (Å²) in [4.78, 5) is 19.0. The Morgan fingerprint density at radius 1 is 1.37 bits per heavy atom. The summed E-state index contributed by atoms with van der Waals surface area (Å²) in [5.74, 6) is 0. The Bertz CT molecular complexity index is 572. The molecular weight excluding hydrogens is 240 g/mol. The van der Waals surface area contributed by atoms with Crippen molar-refractivity contribution < 1.29 is 4.79 Å². The van der Waals surface area contributed by atoms with Crippen LogP contribution in [0.1, 0.15) is 31.2 Å². The van der Waals surface area contributed by atoms with Gasteiger partial charge in [-0.3, -0.25) is 0 Å². The monoisotopic (exact) mass is 258 g/mol. The Labute approximate surface area is 111 Å². The fourth-order valence-corrected chi connectivity index (χ4v) is 2.58. The number of nitrogens with one attached hydrogen (secondary N) is 3. The second kappa shape index (κ2) is 5.30. The highest BCUT2D eigenvalue weighted by Gasteiger charge is 2.16. The zero-order valence-corrected chi connectivity index (χ0v) is 10.8. The summed E-state index contributed by atoms with van der Waals surface area (Å²) in [5, 5.41) is 5.91. The van der Waals surface area contributed by atoms with Crippen LogP contribution >= 0.6 is 0 Å². The van der Waals surface area contributed by atoms with E-state index in [0.29, 0.717) is 12.6 Å². The lowest BCUT2D eigenvalue weighted by molar-refractivity contribution is 0.236. The summed E-state index contributed by atoms with van der Waals surface area (Å²) in [6.07, 6.45) is 6.33. The number of hydrogen-bond donors (Lipinski definition) is 3. The Hall–Kier alpha value is -2.04. The van der Waals surface area contributed by atoms with Gasteiger partial charge >= 0.3 is 6.03 Å². The number of imidazole rings is 1. The molecule has 1 aliphatic carbocycles. The molecule has 5 nitrogen and oxygen atoms in total. The van der Waals surface area contributed by atoms with E-state index in [4.69, 9.17) is 0 Å². The van der Waals surface area contributed by atoms with Gasteiger partial charge in [0.15, 0.2) is 0 Å². The van der Waals surface area contributed by atoms with Crippen molar-refractivity contribution in [2.45, 2.75) is 38.3 Å². The number of aromatic amines is 1. The predicted octanol–water partition coefficient (Wildman–Crippen LogP) is 2.30. The molecule has 1 fully saturated rings. The number of urea groups is 1. The molecule has 0 radical (unpaired) electrons. The fraction of sp³-hybridized carbons (Fsp3) is 0.429. The van der Waals surface area contributed by atoms with Crippen LogP contribution in [0.5, 0.6) is 0 Å². The molecule has 3 rings (SSSR count). The van der Waals surface area contributed by atoms with E-state index in [-0.39, 0.29) is 6.03 Å². The Morgan fingerprint density at radius 2 is 2.21 bits per heavy atom. The van der Waals surface area contributed by atoms with Gasteiger partial charge in [-0.05, 0) is 30.5 Å². The molecule has 100 valence electrons. The van der Waals surface area contributed by atoms with Gasteiger partial charge in [0.25, 0.3) is 0 Å². The summed E-state index contributed by atoms with van der Waals surface area (Å²) in [7, 11) is 0. The van der Waals surface area contributed by atoms with E-state index in [1.165, 1.54) is 12.8 Å². The molecule has 1 saturated carbocycles. The summed E-state index contributed by atoms with van der Waals surface area (Å²) >= 11 is 0. The second-order valence-corrected chi connectivity index (χ2v) is 5.06. The molecule has 1 aromatic heterocycles. The van der Waals surface area contributed by atoms with Crippen molar-refractivity contribution in [3.05, 3.63) is 30.1 Å².